The van der Waals surface area contributed by atoms with Crippen molar-refractivity contribution in [3.8, 4) is 16.3 Å². The van der Waals surface area contributed by atoms with Gasteiger partial charge in [0.2, 0.25) is 5.13 Å². The molecule has 0 aliphatic carbocycles. The molecule has 0 spiro atoms. The summed E-state index contributed by atoms with van der Waals surface area (Å²) in [6.07, 6.45) is 0. The van der Waals surface area contributed by atoms with Crippen molar-refractivity contribution in [1.82, 2.24) is 10.2 Å². The lowest BCUT2D eigenvalue weighted by Crippen LogP contribution is -2.02. The fraction of sp³-hybridized carbons (Fsp3) is 0. The van der Waals surface area contributed by atoms with Crippen molar-refractivity contribution in [3.05, 3.63) is 62.9 Å². The van der Waals surface area contributed by atoms with Gasteiger partial charge in [-0.1, -0.05) is 34.5 Å². The van der Waals surface area contributed by atoms with Crippen LogP contribution in [0.2, 0.25) is 10.0 Å². The smallest absolute Gasteiger partial charge is 0.346 e. The van der Waals surface area contributed by atoms with E-state index in [0.717, 1.165) is 0 Å². The normalized spacial score (nSPS) is 11.0. The van der Waals surface area contributed by atoms with Crippen LogP contribution in [0, 0.1) is 0 Å². The van der Waals surface area contributed by atoms with E-state index in [1.54, 1.807) is 30.3 Å². The molecule has 0 aliphatic heterocycles. The second-order valence-corrected chi connectivity index (χ2v) is 7.15. The number of phenolic OH excluding ortho intramolecular Hbond substituents is 1. The molecule has 130 valence electrons. The first-order chi connectivity index (χ1) is 12.5. The Balaban J connectivity index is 1.69. The molecule has 4 aromatic rings. The fourth-order valence-corrected chi connectivity index (χ4v) is 3.55. The summed E-state index contributed by atoms with van der Waals surface area (Å²) < 4.78 is 5.26. The van der Waals surface area contributed by atoms with Gasteiger partial charge in [-0.05, 0) is 36.4 Å². The summed E-state index contributed by atoms with van der Waals surface area (Å²) in [4.78, 5) is 12.2. The number of aromatic nitrogens is 2. The monoisotopic (exact) mass is 405 g/mol. The molecule has 2 aromatic carbocycles. The van der Waals surface area contributed by atoms with E-state index in [1.807, 2.05) is 0 Å². The van der Waals surface area contributed by atoms with E-state index in [1.165, 1.54) is 23.5 Å². The molecule has 0 fully saturated rings. The summed E-state index contributed by atoms with van der Waals surface area (Å²) in [5.41, 5.74) is 0.653. The van der Waals surface area contributed by atoms with Crippen molar-refractivity contribution in [3.63, 3.8) is 0 Å². The molecular formula is C17H9Cl2N3O3S. The minimum Gasteiger partial charge on any atom is -0.508 e. The maximum absolute atomic E-state index is 12.2. The first kappa shape index (κ1) is 16.8. The van der Waals surface area contributed by atoms with Crippen molar-refractivity contribution in [2.45, 2.75) is 0 Å². The van der Waals surface area contributed by atoms with E-state index in [4.69, 9.17) is 27.6 Å². The summed E-state index contributed by atoms with van der Waals surface area (Å²) in [7, 11) is 0. The molecule has 2 N–H and O–H groups in total. The average Bonchev–Trinajstić information content (AvgIpc) is 3.05. The molecule has 26 heavy (non-hydrogen) atoms. The van der Waals surface area contributed by atoms with Crippen LogP contribution in [-0.4, -0.2) is 15.3 Å². The second kappa shape index (κ2) is 6.60. The van der Waals surface area contributed by atoms with E-state index >= 15 is 0 Å². The summed E-state index contributed by atoms with van der Waals surface area (Å²) in [5, 5.41) is 23.1. The molecule has 0 unspecified atom stereocenters. The Morgan fingerprint density at radius 2 is 1.92 bits per heavy atom. The summed E-state index contributed by atoms with van der Waals surface area (Å²) >= 11 is 13.2. The van der Waals surface area contributed by atoms with E-state index < -0.39 is 5.63 Å². The zero-order chi connectivity index (χ0) is 18.3. The van der Waals surface area contributed by atoms with Crippen LogP contribution in [0.4, 0.5) is 10.8 Å². The molecule has 0 bridgehead atoms. The molecule has 4 rings (SSSR count). The van der Waals surface area contributed by atoms with Gasteiger partial charge in [0.05, 0.1) is 16.3 Å². The Hall–Kier alpha value is -2.61. The number of fused-ring (bicyclic) bond motifs is 1. The minimum atomic E-state index is -0.560. The molecule has 0 radical (unpaired) electrons. The lowest BCUT2D eigenvalue weighted by molar-refractivity contribution is 0.473. The van der Waals surface area contributed by atoms with Gasteiger partial charge in [0.25, 0.3) is 0 Å². The SMILES string of the molecule is O=c1oc2cc(O)ccc2cc1-c1nnc(Nc2ccc(Cl)cc2Cl)s1. The molecular weight excluding hydrogens is 397 g/mol. The zero-order valence-electron chi connectivity index (χ0n) is 12.9. The first-order valence-electron chi connectivity index (χ1n) is 7.32. The maximum atomic E-state index is 12.2. The number of phenols is 1. The number of aromatic hydroxyl groups is 1. The predicted octanol–water partition coefficient (Wildman–Crippen LogP) is 5.07. The van der Waals surface area contributed by atoms with Crippen LogP contribution in [0.25, 0.3) is 21.5 Å². The number of anilines is 2. The molecule has 2 heterocycles. The standard InChI is InChI=1S/C17H9Cl2N3O3S/c18-9-2-4-13(12(19)6-9)20-17-22-21-15(26-17)11-5-8-1-3-10(23)7-14(8)25-16(11)24/h1-7,23H,(H,20,22). The Kier molecular flexibility index (Phi) is 4.28. The molecule has 2 aromatic heterocycles. The molecule has 0 aliphatic rings. The van der Waals surface area contributed by atoms with Crippen LogP contribution in [0.1, 0.15) is 0 Å². The Morgan fingerprint density at radius 1 is 1.08 bits per heavy atom. The quantitative estimate of drug-likeness (QED) is 0.462. The number of nitrogens with zero attached hydrogens (tertiary/aromatic N) is 2. The highest BCUT2D eigenvalue weighted by Crippen LogP contribution is 2.32. The second-order valence-electron chi connectivity index (χ2n) is 5.33. The first-order valence-corrected chi connectivity index (χ1v) is 8.90. The lowest BCUT2D eigenvalue weighted by Gasteiger charge is -2.04. The number of hydrogen-bond acceptors (Lipinski definition) is 7. The maximum Gasteiger partial charge on any atom is 0.346 e. The van der Waals surface area contributed by atoms with Crippen LogP contribution >= 0.6 is 34.5 Å². The number of hydrogen-bond donors (Lipinski definition) is 2. The topological polar surface area (TPSA) is 88.2 Å². The van der Waals surface area contributed by atoms with E-state index in [9.17, 15) is 9.90 Å². The van der Waals surface area contributed by atoms with Gasteiger partial charge < -0.3 is 14.8 Å². The van der Waals surface area contributed by atoms with Gasteiger partial charge in [-0.15, -0.1) is 10.2 Å². The average molecular weight is 406 g/mol. The van der Waals surface area contributed by atoms with Gasteiger partial charge in [0.1, 0.15) is 11.3 Å². The van der Waals surface area contributed by atoms with Gasteiger partial charge in [-0.25, -0.2) is 4.79 Å². The number of nitrogens with one attached hydrogen (secondary N) is 1. The lowest BCUT2D eigenvalue weighted by atomic mass is 10.2. The molecule has 6 nitrogen and oxygen atoms in total. The number of benzene rings is 2. The third-order valence-corrected chi connectivity index (χ3v) is 4.97. The van der Waals surface area contributed by atoms with Crippen molar-refractivity contribution < 1.29 is 9.52 Å². The Morgan fingerprint density at radius 3 is 2.73 bits per heavy atom. The van der Waals surface area contributed by atoms with Gasteiger partial charge in [-0.2, -0.15) is 0 Å². The number of halogens is 2. The van der Waals surface area contributed by atoms with Gasteiger partial charge in [0.15, 0.2) is 5.01 Å². The molecule has 0 saturated carbocycles. The van der Waals surface area contributed by atoms with Crippen molar-refractivity contribution in [2.75, 3.05) is 5.32 Å². The molecule has 0 saturated heterocycles. The largest absolute Gasteiger partial charge is 0.508 e. The van der Waals surface area contributed by atoms with Gasteiger partial charge in [-0.3, -0.25) is 0 Å². The highest BCUT2D eigenvalue weighted by atomic mass is 35.5. The Labute approximate surface area is 160 Å². The molecule has 0 amide bonds. The van der Waals surface area contributed by atoms with E-state index in [0.29, 0.717) is 36.8 Å². The van der Waals surface area contributed by atoms with Crippen molar-refractivity contribution in [2.24, 2.45) is 0 Å². The van der Waals surface area contributed by atoms with Crippen molar-refractivity contribution in [1.29, 1.82) is 0 Å². The van der Waals surface area contributed by atoms with Crippen molar-refractivity contribution >= 4 is 56.3 Å². The Bertz CT molecular complexity index is 1190. The van der Waals surface area contributed by atoms with Gasteiger partial charge >= 0.3 is 5.63 Å². The number of rotatable bonds is 3. The fourth-order valence-electron chi connectivity index (χ4n) is 2.34. The van der Waals surface area contributed by atoms with Crippen LogP contribution < -0.4 is 10.9 Å². The van der Waals surface area contributed by atoms with E-state index in [-0.39, 0.29) is 11.3 Å². The van der Waals surface area contributed by atoms with Crippen LogP contribution in [-0.2, 0) is 0 Å². The highest BCUT2D eigenvalue weighted by Gasteiger charge is 2.14. The molecule has 9 heteroatoms. The third-order valence-electron chi connectivity index (χ3n) is 3.55. The third kappa shape index (κ3) is 3.24. The van der Waals surface area contributed by atoms with E-state index in [2.05, 4.69) is 15.5 Å². The summed E-state index contributed by atoms with van der Waals surface area (Å²) in [5.74, 6) is 0.0237. The zero-order valence-corrected chi connectivity index (χ0v) is 15.2. The predicted molar refractivity (Wildman–Crippen MR) is 103 cm³/mol. The summed E-state index contributed by atoms with van der Waals surface area (Å²) in [6.45, 7) is 0. The van der Waals surface area contributed by atoms with Crippen LogP contribution in [0.5, 0.6) is 5.75 Å². The highest BCUT2D eigenvalue weighted by molar-refractivity contribution is 7.18. The minimum absolute atomic E-state index is 0.0237. The molecule has 0 atom stereocenters. The van der Waals surface area contributed by atoms with Crippen LogP contribution in [0.15, 0.2) is 51.7 Å². The van der Waals surface area contributed by atoms with Crippen LogP contribution in [0.3, 0.4) is 0 Å². The summed E-state index contributed by atoms with van der Waals surface area (Å²) in [6, 6.07) is 11.2. The van der Waals surface area contributed by atoms with Gasteiger partial charge in [0, 0.05) is 16.5 Å².